The molecule has 0 spiro atoms. The van der Waals surface area contributed by atoms with Crippen LogP contribution in [0.5, 0.6) is 0 Å². The van der Waals surface area contributed by atoms with E-state index < -0.39 is 23.6 Å². The number of carbonyl (C=O) groups is 3. The Labute approximate surface area is 200 Å². The highest BCUT2D eigenvalue weighted by Gasteiger charge is 2.53. The fourth-order valence-corrected chi connectivity index (χ4v) is 6.32. The van der Waals surface area contributed by atoms with Crippen LogP contribution in [0, 0.1) is 5.92 Å². The molecule has 1 saturated carbocycles. The summed E-state index contributed by atoms with van der Waals surface area (Å²) in [6.45, 7) is 0.222. The van der Waals surface area contributed by atoms with E-state index in [-0.39, 0.29) is 36.7 Å². The predicted molar refractivity (Wildman–Crippen MR) is 123 cm³/mol. The highest BCUT2D eigenvalue weighted by Crippen LogP contribution is 2.34. The van der Waals surface area contributed by atoms with E-state index in [4.69, 9.17) is 16.3 Å². The molecular formula is C23H25ClN4O4S. The van der Waals surface area contributed by atoms with Crippen molar-refractivity contribution in [3.8, 4) is 10.6 Å². The third-order valence-electron chi connectivity index (χ3n) is 6.72. The molecule has 4 heterocycles. The Morgan fingerprint density at radius 1 is 1.21 bits per heavy atom. The molecule has 2 aromatic rings. The van der Waals surface area contributed by atoms with Crippen LogP contribution in [0.3, 0.4) is 0 Å². The van der Waals surface area contributed by atoms with E-state index in [1.807, 2.05) is 6.07 Å². The normalized spacial score (nSPS) is 26.3. The number of amides is 2. The van der Waals surface area contributed by atoms with Crippen molar-refractivity contribution in [2.24, 2.45) is 5.92 Å². The average Bonchev–Trinajstić information content (AvgIpc) is 3.56. The van der Waals surface area contributed by atoms with Gasteiger partial charge in [-0.05, 0) is 30.9 Å². The number of ether oxygens (including phenoxy) is 1. The van der Waals surface area contributed by atoms with Gasteiger partial charge in [-0.15, -0.1) is 22.9 Å². The molecule has 2 amide bonds. The molecule has 4 unspecified atom stereocenters. The SMILES string of the molecule is O=C(NC(C(=O)N1CC(Cl)C2OCC(=O)C21)C1CCCCC1)c1ccc(-c2cnccn2)s1. The minimum atomic E-state index is -0.698. The lowest BCUT2D eigenvalue weighted by Gasteiger charge is -2.34. The van der Waals surface area contributed by atoms with Gasteiger partial charge in [0, 0.05) is 18.9 Å². The maximum absolute atomic E-state index is 13.7. The zero-order valence-electron chi connectivity index (χ0n) is 18.0. The molecule has 174 valence electrons. The van der Waals surface area contributed by atoms with Crippen LogP contribution in [-0.2, 0) is 14.3 Å². The van der Waals surface area contributed by atoms with E-state index in [2.05, 4.69) is 15.3 Å². The maximum Gasteiger partial charge on any atom is 0.262 e. The minimum Gasteiger partial charge on any atom is -0.366 e. The van der Waals surface area contributed by atoms with Gasteiger partial charge in [0.15, 0.2) is 5.78 Å². The number of ketones is 1. The second-order valence-electron chi connectivity index (χ2n) is 8.80. The van der Waals surface area contributed by atoms with Crippen LogP contribution in [0.25, 0.3) is 10.6 Å². The number of hydrogen-bond acceptors (Lipinski definition) is 7. The van der Waals surface area contributed by atoms with Crippen molar-refractivity contribution in [3.63, 3.8) is 0 Å². The molecule has 1 N–H and O–H groups in total. The molecule has 8 nitrogen and oxygen atoms in total. The van der Waals surface area contributed by atoms with Crippen LogP contribution in [0.4, 0.5) is 0 Å². The smallest absolute Gasteiger partial charge is 0.262 e. The summed E-state index contributed by atoms with van der Waals surface area (Å²) in [4.78, 5) is 50.5. The van der Waals surface area contributed by atoms with Gasteiger partial charge in [-0.2, -0.15) is 0 Å². The standard InChI is InChI=1S/C23H25ClN4O4S/c24-14-11-28(20-16(29)12-32-21(14)20)23(31)19(13-4-2-1-3-5-13)27-22(30)18-7-6-17(33-18)15-10-25-8-9-26-15/h6-10,13-14,19-21H,1-5,11-12H2,(H,27,30). The molecule has 2 aromatic heterocycles. The number of alkyl halides is 1. The number of nitrogens with zero attached hydrogens (tertiary/aromatic N) is 3. The summed E-state index contributed by atoms with van der Waals surface area (Å²) in [6.07, 6.45) is 9.27. The molecule has 0 radical (unpaired) electrons. The highest BCUT2D eigenvalue weighted by atomic mass is 35.5. The summed E-state index contributed by atoms with van der Waals surface area (Å²) < 4.78 is 5.53. The van der Waals surface area contributed by atoms with Gasteiger partial charge in [-0.3, -0.25) is 24.4 Å². The first kappa shape index (κ1) is 22.4. The van der Waals surface area contributed by atoms with E-state index in [0.717, 1.165) is 37.0 Å². The Morgan fingerprint density at radius 2 is 2.03 bits per heavy atom. The Bertz CT molecular complexity index is 1040. The zero-order chi connectivity index (χ0) is 22.9. The average molecular weight is 489 g/mol. The maximum atomic E-state index is 13.7. The third kappa shape index (κ3) is 4.41. The summed E-state index contributed by atoms with van der Waals surface area (Å²) in [5.41, 5.74) is 0.692. The second kappa shape index (κ2) is 9.48. The van der Waals surface area contributed by atoms with E-state index in [9.17, 15) is 14.4 Å². The zero-order valence-corrected chi connectivity index (χ0v) is 19.6. The summed E-state index contributed by atoms with van der Waals surface area (Å²) in [5.74, 6) is -0.638. The van der Waals surface area contributed by atoms with Crippen LogP contribution < -0.4 is 5.32 Å². The van der Waals surface area contributed by atoms with Crippen LogP contribution >= 0.6 is 22.9 Å². The molecule has 4 atom stereocenters. The number of hydrogen-bond donors (Lipinski definition) is 1. The van der Waals surface area contributed by atoms with Gasteiger partial charge in [0.05, 0.1) is 27.0 Å². The number of fused-ring (bicyclic) bond motifs is 1. The number of Topliss-reactive ketones (excluding diaryl/α,β-unsaturated/α-hetero) is 1. The molecule has 33 heavy (non-hydrogen) atoms. The van der Waals surface area contributed by atoms with Gasteiger partial charge in [0.25, 0.3) is 5.91 Å². The monoisotopic (exact) mass is 488 g/mol. The number of aromatic nitrogens is 2. The molecular weight excluding hydrogens is 464 g/mol. The largest absolute Gasteiger partial charge is 0.366 e. The van der Waals surface area contributed by atoms with Crippen molar-refractivity contribution in [1.82, 2.24) is 20.2 Å². The fraction of sp³-hybridized carbons (Fsp3) is 0.522. The van der Waals surface area contributed by atoms with Gasteiger partial charge in [0.2, 0.25) is 5.91 Å². The topological polar surface area (TPSA) is 101 Å². The number of likely N-dealkylation sites (tertiary alicyclic amines) is 1. The van der Waals surface area contributed by atoms with E-state index in [1.165, 1.54) is 16.2 Å². The quantitative estimate of drug-likeness (QED) is 0.649. The van der Waals surface area contributed by atoms with Gasteiger partial charge in [-0.25, -0.2) is 0 Å². The summed E-state index contributed by atoms with van der Waals surface area (Å²) in [5, 5.41) is 2.57. The Balaban J connectivity index is 1.37. The summed E-state index contributed by atoms with van der Waals surface area (Å²) in [7, 11) is 0. The van der Waals surface area contributed by atoms with E-state index in [0.29, 0.717) is 10.6 Å². The van der Waals surface area contributed by atoms with Gasteiger partial charge in [-0.1, -0.05) is 19.3 Å². The fourth-order valence-electron chi connectivity index (χ4n) is 5.09. The first-order valence-corrected chi connectivity index (χ1v) is 12.5. The molecule has 0 bridgehead atoms. The molecule has 2 aliphatic heterocycles. The summed E-state index contributed by atoms with van der Waals surface area (Å²) in [6, 6.07) is 2.21. The molecule has 10 heteroatoms. The molecule has 0 aromatic carbocycles. The number of thiophene rings is 1. The van der Waals surface area contributed by atoms with E-state index in [1.54, 1.807) is 24.7 Å². The van der Waals surface area contributed by atoms with Crippen LogP contribution in [-0.4, -0.2) is 69.2 Å². The van der Waals surface area contributed by atoms with Crippen molar-refractivity contribution in [2.75, 3.05) is 13.2 Å². The van der Waals surface area contributed by atoms with Crippen molar-refractivity contribution >= 4 is 40.5 Å². The first-order chi connectivity index (χ1) is 16.0. The minimum absolute atomic E-state index is 0.0247. The van der Waals surface area contributed by atoms with Crippen molar-refractivity contribution in [2.45, 2.75) is 55.7 Å². The van der Waals surface area contributed by atoms with Crippen molar-refractivity contribution in [3.05, 3.63) is 35.6 Å². The molecule has 5 rings (SSSR count). The highest BCUT2D eigenvalue weighted by molar-refractivity contribution is 7.17. The van der Waals surface area contributed by atoms with Crippen molar-refractivity contribution < 1.29 is 19.1 Å². The predicted octanol–water partition coefficient (Wildman–Crippen LogP) is 2.67. The number of rotatable bonds is 5. The van der Waals surface area contributed by atoms with Crippen molar-refractivity contribution in [1.29, 1.82) is 0 Å². The van der Waals surface area contributed by atoms with E-state index >= 15 is 0 Å². The lowest BCUT2D eigenvalue weighted by molar-refractivity contribution is -0.139. The molecule has 3 fully saturated rings. The number of nitrogens with one attached hydrogen (secondary N) is 1. The van der Waals surface area contributed by atoms with Crippen LogP contribution in [0.15, 0.2) is 30.7 Å². The van der Waals surface area contributed by atoms with Gasteiger partial charge < -0.3 is 15.0 Å². The first-order valence-electron chi connectivity index (χ1n) is 11.3. The van der Waals surface area contributed by atoms with Crippen LogP contribution in [0.2, 0.25) is 0 Å². The van der Waals surface area contributed by atoms with Crippen LogP contribution in [0.1, 0.15) is 41.8 Å². The van der Waals surface area contributed by atoms with Gasteiger partial charge in [0.1, 0.15) is 24.8 Å². The Hall–Kier alpha value is -2.36. The number of carbonyl (C=O) groups excluding carboxylic acids is 3. The Morgan fingerprint density at radius 3 is 2.79 bits per heavy atom. The summed E-state index contributed by atoms with van der Waals surface area (Å²) >= 11 is 7.71. The lowest BCUT2D eigenvalue weighted by atomic mass is 9.83. The second-order valence-corrected chi connectivity index (χ2v) is 10.4. The molecule has 2 saturated heterocycles. The lowest BCUT2D eigenvalue weighted by Crippen LogP contribution is -2.55. The molecule has 1 aliphatic carbocycles. The third-order valence-corrected chi connectivity index (χ3v) is 8.22. The molecule has 3 aliphatic rings. The number of halogens is 1. The Kier molecular flexibility index (Phi) is 6.44. The van der Waals surface area contributed by atoms with Gasteiger partial charge >= 0.3 is 0 Å².